The summed E-state index contributed by atoms with van der Waals surface area (Å²) in [6.07, 6.45) is 3.24. The Morgan fingerprint density at radius 1 is 1.35 bits per heavy atom. The fourth-order valence-corrected chi connectivity index (χ4v) is 4.17. The van der Waals surface area contributed by atoms with Crippen LogP contribution in [0.25, 0.3) is 5.69 Å². The number of non-ortho nitro benzene ring substituents is 1. The van der Waals surface area contributed by atoms with E-state index in [1.807, 2.05) is 11.6 Å². The summed E-state index contributed by atoms with van der Waals surface area (Å²) < 4.78 is 1.90. The number of hydrogen-bond acceptors (Lipinski definition) is 5. The van der Waals surface area contributed by atoms with Crippen molar-refractivity contribution in [3.63, 3.8) is 0 Å². The predicted octanol–water partition coefficient (Wildman–Crippen LogP) is 3.26. The Labute approximate surface area is 153 Å². The molecule has 0 spiro atoms. The number of hydrogen-bond donors (Lipinski definition) is 1. The lowest BCUT2D eigenvalue weighted by atomic mass is 9.91. The molecule has 2 aliphatic heterocycles. The molecule has 26 heavy (non-hydrogen) atoms. The number of aromatic nitrogens is 2. The molecule has 4 rings (SSSR count). The molecule has 2 aromatic rings. The Hall–Kier alpha value is -2.41. The summed E-state index contributed by atoms with van der Waals surface area (Å²) in [5.74, 6) is 1.49. The van der Waals surface area contributed by atoms with Crippen molar-refractivity contribution < 1.29 is 4.92 Å². The number of piperidine rings is 1. The molecule has 7 nitrogen and oxygen atoms in total. The minimum atomic E-state index is -0.346. The average Bonchev–Trinajstić information content (AvgIpc) is 3.25. The zero-order chi connectivity index (χ0) is 18.3. The maximum absolute atomic E-state index is 11.2. The van der Waals surface area contributed by atoms with Gasteiger partial charge in [0.15, 0.2) is 0 Å². The number of rotatable bonds is 4. The summed E-state index contributed by atoms with van der Waals surface area (Å²) >= 11 is 0. The van der Waals surface area contributed by atoms with E-state index in [0.29, 0.717) is 5.92 Å². The number of nitrogens with zero attached hydrogens (tertiary/aromatic N) is 4. The molecule has 138 valence electrons. The molecule has 1 aromatic carbocycles. The highest BCUT2D eigenvalue weighted by atomic mass is 16.6. The lowest BCUT2D eigenvalue weighted by Crippen LogP contribution is -2.33. The monoisotopic (exact) mass is 355 g/mol. The highest BCUT2D eigenvalue weighted by Gasteiger charge is 2.30. The number of nitro groups is 1. The van der Waals surface area contributed by atoms with Crippen molar-refractivity contribution in [2.75, 3.05) is 31.5 Å². The van der Waals surface area contributed by atoms with Gasteiger partial charge in [-0.15, -0.1) is 0 Å². The number of nitrogens with one attached hydrogen (secondary N) is 1. The topological polar surface area (TPSA) is 76.2 Å². The Morgan fingerprint density at radius 3 is 2.81 bits per heavy atom. The van der Waals surface area contributed by atoms with E-state index in [1.54, 1.807) is 18.2 Å². The van der Waals surface area contributed by atoms with Crippen LogP contribution in [0.1, 0.15) is 42.5 Å². The lowest BCUT2D eigenvalue weighted by molar-refractivity contribution is -0.384. The molecule has 1 N–H and O–H groups in total. The lowest BCUT2D eigenvalue weighted by Gasteiger charge is -2.30. The molecule has 0 radical (unpaired) electrons. The molecule has 0 saturated carbocycles. The van der Waals surface area contributed by atoms with Crippen molar-refractivity contribution in [1.29, 1.82) is 0 Å². The summed E-state index contributed by atoms with van der Waals surface area (Å²) in [7, 11) is 0. The Kier molecular flexibility index (Phi) is 4.40. The molecule has 0 bridgehead atoms. The van der Waals surface area contributed by atoms with Gasteiger partial charge in [0, 0.05) is 30.2 Å². The van der Waals surface area contributed by atoms with E-state index in [-0.39, 0.29) is 10.6 Å². The summed E-state index contributed by atoms with van der Waals surface area (Å²) in [4.78, 5) is 13.3. The van der Waals surface area contributed by atoms with E-state index >= 15 is 0 Å². The number of aryl methyl sites for hydroxylation is 1. The van der Waals surface area contributed by atoms with Crippen LogP contribution >= 0.6 is 0 Å². The van der Waals surface area contributed by atoms with Crippen LogP contribution in [0.3, 0.4) is 0 Å². The highest BCUT2D eigenvalue weighted by molar-refractivity contribution is 5.60. The fraction of sp³-hybridized carbons (Fsp3) is 0.526. The molecule has 0 aliphatic carbocycles. The number of anilines is 1. The van der Waals surface area contributed by atoms with Crippen LogP contribution in [-0.4, -0.2) is 45.8 Å². The molecule has 7 heteroatoms. The van der Waals surface area contributed by atoms with Gasteiger partial charge in [0.05, 0.1) is 16.3 Å². The zero-order valence-electron chi connectivity index (χ0n) is 15.4. The Bertz CT molecular complexity index is 837. The first-order valence-corrected chi connectivity index (χ1v) is 9.42. The first-order valence-electron chi connectivity index (χ1n) is 9.42. The number of fused-ring (bicyclic) bond motifs is 1. The molecule has 2 aliphatic rings. The SMILES string of the molecule is CCN1CCC(c2nn(-c3cc([N+](=O)[O-])ccc3C)c3c2CCN3)CC1. The van der Waals surface area contributed by atoms with Gasteiger partial charge in [-0.3, -0.25) is 10.1 Å². The van der Waals surface area contributed by atoms with Gasteiger partial charge in [0.2, 0.25) is 0 Å². The number of benzene rings is 1. The van der Waals surface area contributed by atoms with Gasteiger partial charge in [-0.1, -0.05) is 13.0 Å². The van der Waals surface area contributed by atoms with E-state index < -0.39 is 0 Å². The van der Waals surface area contributed by atoms with Crippen molar-refractivity contribution in [3.05, 3.63) is 45.1 Å². The minimum absolute atomic E-state index is 0.102. The Balaban J connectivity index is 1.73. The van der Waals surface area contributed by atoms with Crippen LogP contribution in [0, 0.1) is 17.0 Å². The van der Waals surface area contributed by atoms with Crippen LogP contribution in [0.2, 0.25) is 0 Å². The smallest absolute Gasteiger partial charge is 0.271 e. The summed E-state index contributed by atoms with van der Waals surface area (Å²) in [5.41, 5.74) is 4.37. The van der Waals surface area contributed by atoms with E-state index in [9.17, 15) is 10.1 Å². The molecule has 0 amide bonds. The second kappa shape index (κ2) is 6.72. The predicted molar refractivity (Wildman–Crippen MR) is 101 cm³/mol. The van der Waals surface area contributed by atoms with Crippen molar-refractivity contribution in [1.82, 2.24) is 14.7 Å². The van der Waals surface area contributed by atoms with Crippen LogP contribution < -0.4 is 5.32 Å². The van der Waals surface area contributed by atoms with Crippen molar-refractivity contribution in [3.8, 4) is 5.69 Å². The molecule has 1 fully saturated rings. The van der Waals surface area contributed by atoms with E-state index in [1.165, 1.54) is 11.3 Å². The Morgan fingerprint density at radius 2 is 2.12 bits per heavy atom. The average molecular weight is 355 g/mol. The summed E-state index contributed by atoms with van der Waals surface area (Å²) in [5, 5.41) is 19.6. The third-order valence-corrected chi connectivity index (χ3v) is 5.74. The van der Waals surface area contributed by atoms with Crippen LogP contribution in [0.4, 0.5) is 11.5 Å². The molecular formula is C19H25N5O2. The first-order chi connectivity index (χ1) is 12.6. The fourth-order valence-electron chi connectivity index (χ4n) is 4.17. The van der Waals surface area contributed by atoms with E-state index in [0.717, 1.165) is 62.5 Å². The van der Waals surface area contributed by atoms with Crippen molar-refractivity contribution in [2.24, 2.45) is 0 Å². The third kappa shape index (κ3) is 2.86. The van der Waals surface area contributed by atoms with Gasteiger partial charge in [-0.05, 0) is 51.4 Å². The van der Waals surface area contributed by atoms with Gasteiger partial charge >= 0.3 is 0 Å². The summed E-state index contributed by atoms with van der Waals surface area (Å²) in [6, 6.07) is 4.99. The minimum Gasteiger partial charge on any atom is -0.369 e. The van der Waals surface area contributed by atoms with Crippen LogP contribution in [0.5, 0.6) is 0 Å². The maximum Gasteiger partial charge on any atom is 0.271 e. The molecule has 0 unspecified atom stereocenters. The quantitative estimate of drug-likeness (QED) is 0.673. The van der Waals surface area contributed by atoms with Gasteiger partial charge in [0.1, 0.15) is 5.82 Å². The molecule has 0 atom stereocenters. The first kappa shape index (κ1) is 17.0. The molecule has 1 aromatic heterocycles. The van der Waals surface area contributed by atoms with Crippen molar-refractivity contribution in [2.45, 2.75) is 39.0 Å². The normalized spacial score (nSPS) is 17.9. The number of nitro benzene ring substituents is 1. The molecular weight excluding hydrogens is 330 g/mol. The van der Waals surface area contributed by atoms with E-state index in [4.69, 9.17) is 5.10 Å². The van der Waals surface area contributed by atoms with Crippen molar-refractivity contribution >= 4 is 11.5 Å². The van der Waals surface area contributed by atoms with E-state index in [2.05, 4.69) is 17.1 Å². The second-order valence-corrected chi connectivity index (χ2v) is 7.24. The standard InChI is InChI=1S/C19H25N5O2/c1-3-22-10-7-14(8-11-22)18-16-6-9-20-19(16)23(21-18)17-12-15(24(25)26)5-4-13(17)2/h4-5,12,14,20H,3,6-11H2,1-2H3. The van der Waals surface area contributed by atoms with Gasteiger partial charge in [0.25, 0.3) is 5.69 Å². The largest absolute Gasteiger partial charge is 0.369 e. The van der Waals surface area contributed by atoms with Gasteiger partial charge < -0.3 is 10.2 Å². The number of likely N-dealkylation sites (tertiary alicyclic amines) is 1. The molecule has 3 heterocycles. The zero-order valence-corrected chi connectivity index (χ0v) is 15.4. The van der Waals surface area contributed by atoms with Gasteiger partial charge in [-0.25, -0.2) is 4.68 Å². The highest BCUT2D eigenvalue weighted by Crippen LogP contribution is 2.37. The van der Waals surface area contributed by atoms with Crippen LogP contribution in [0.15, 0.2) is 18.2 Å². The maximum atomic E-state index is 11.2. The second-order valence-electron chi connectivity index (χ2n) is 7.24. The third-order valence-electron chi connectivity index (χ3n) is 5.74. The van der Waals surface area contributed by atoms with Gasteiger partial charge in [-0.2, -0.15) is 5.10 Å². The van der Waals surface area contributed by atoms with Crippen LogP contribution in [-0.2, 0) is 6.42 Å². The summed E-state index contributed by atoms with van der Waals surface area (Å²) in [6.45, 7) is 8.43. The molecule has 1 saturated heterocycles.